The van der Waals surface area contributed by atoms with E-state index in [9.17, 15) is 0 Å². The summed E-state index contributed by atoms with van der Waals surface area (Å²) < 4.78 is 5.72. The van der Waals surface area contributed by atoms with Gasteiger partial charge in [0.05, 0.1) is 5.92 Å². The molecule has 0 radical (unpaired) electrons. The predicted molar refractivity (Wildman–Crippen MR) is 80.6 cm³/mol. The van der Waals surface area contributed by atoms with Crippen LogP contribution in [0.1, 0.15) is 34.8 Å². The van der Waals surface area contributed by atoms with E-state index in [0.717, 1.165) is 41.7 Å². The van der Waals surface area contributed by atoms with Crippen molar-refractivity contribution in [2.45, 2.75) is 25.7 Å². The van der Waals surface area contributed by atoms with Crippen LogP contribution in [0.2, 0.25) is 0 Å². The molecule has 0 aliphatic carbocycles. The minimum absolute atomic E-state index is 0.256. The molecule has 20 heavy (non-hydrogen) atoms. The van der Waals surface area contributed by atoms with E-state index in [2.05, 4.69) is 34.6 Å². The Labute approximate surface area is 123 Å². The molecule has 1 aromatic heterocycles. The van der Waals surface area contributed by atoms with Crippen LogP contribution >= 0.6 is 11.3 Å². The Morgan fingerprint density at radius 3 is 3.15 bits per heavy atom. The lowest BCUT2D eigenvalue weighted by atomic mass is 10.0. The Kier molecular flexibility index (Phi) is 4.28. The normalized spacial score (nSPS) is 16.9. The first kappa shape index (κ1) is 13.5. The fourth-order valence-electron chi connectivity index (χ4n) is 2.42. The summed E-state index contributed by atoms with van der Waals surface area (Å²) in [5.41, 5.74) is 1.24. The number of nitrogens with zero attached hydrogens (tertiary/aromatic N) is 2. The number of hydrogen-bond donors (Lipinski definition) is 1. The molecular weight excluding hydrogens is 270 g/mol. The number of rotatable bonds is 6. The molecule has 4 nitrogen and oxygen atoms in total. The zero-order valence-corrected chi connectivity index (χ0v) is 12.4. The molecular formula is C15H19N3OS. The van der Waals surface area contributed by atoms with Crippen molar-refractivity contribution in [1.29, 1.82) is 0 Å². The van der Waals surface area contributed by atoms with E-state index in [0.29, 0.717) is 6.61 Å². The fraction of sp³-hybridized carbons (Fsp3) is 0.467. The number of benzene rings is 1. The summed E-state index contributed by atoms with van der Waals surface area (Å²) in [6.45, 7) is 4.88. The van der Waals surface area contributed by atoms with Gasteiger partial charge in [0.15, 0.2) is 0 Å². The highest BCUT2D eigenvalue weighted by molar-refractivity contribution is 7.11. The van der Waals surface area contributed by atoms with Crippen molar-refractivity contribution in [3.63, 3.8) is 0 Å². The van der Waals surface area contributed by atoms with E-state index < -0.39 is 0 Å². The van der Waals surface area contributed by atoms with E-state index in [1.807, 2.05) is 12.1 Å². The molecule has 1 aliphatic rings. The number of aromatic nitrogens is 2. The number of nitrogens with one attached hydrogen (secondary N) is 1. The number of para-hydroxylation sites is 1. The zero-order chi connectivity index (χ0) is 13.8. The Morgan fingerprint density at radius 1 is 1.35 bits per heavy atom. The molecule has 0 saturated carbocycles. The van der Waals surface area contributed by atoms with Gasteiger partial charge in [-0.15, -0.1) is 21.5 Å². The maximum Gasteiger partial charge on any atom is 0.128 e. The van der Waals surface area contributed by atoms with E-state index in [1.165, 1.54) is 5.56 Å². The first-order valence-corrected chi connectivity index (χ1v) is 7.95. The predicted octanol–water partition coefficient (Wildman–Crippen LogP) is 2.60. The van der Waals surface area contributed by atoms with Gasteiger partial charge in [-0.05, 0) is 25.6 Å². The average molecular weight is 289 g/mol. The highest BCUT2D eigenvalue weighted by Gasteiger charge is 2.28. The summed E-state index contributed by atoms with van der Waals surface area (Å²) in [6, 6.07) is 8.21. The van der Waals surface area contributed by atoms with Crippen molar-refractivity contribution in [1.82, 2.24) is 15.5 Å². The molecule has 0 saturated heterocycles. The number of ether oxygens (including phenoxy) is 1. The van der Waals surface area contributed by atoms with Crippen molar-refractivity contribution in [2.24, 2.45) is 0 Å². The Hall–Kier alpha value is -1.46. The van der Waals surface area contributed by atoms with Gasteiger partial charge in [-0.3, -0.25) is 0 Å². The lowest BCUT2D eigenvalue weighted by Crippen LogP contribution is -2.14. The van der Waals surface area contributed by atoms with Gasteiger partial charge >= 0.3 is 0 Å². The maximum atomic E-state index is 5.72. The summed E-state index contributed by atoms with van der Waals surface area (Å²) in [4.78, 5) is 0. The molecule has 1 aromatic carbocycles. The highest BCUT2D eigenvalue weighted by atomic mass is 32.1. The molecule has 0 spiro atoms. The van der Waals surface area contributed by atoms with Crippen LogP contribution in [0, 0.1) is 0 Å². The third-order valence-corrected chi connectivity index (χ3v) is 4.57. The van der Waals surface area contributed by atoms with Gasteiger partial charge in [-0.25, -0.2) is 0 Å². The second kappa shape index (κ2) is 6.33. The molecule has 1 N–H and O–H groups in total. The quantitative estimate of drug-likeness (QED) is 0.830. The Morgan fingerprint density at radius 2 is 2.25 bits per heavy atom. The van der Waals surface area contributed by atoms with Gasteiger partial charge in [0.1, 0.15) is 22.4 Å². The fourth-order valence-corrected chi connectivity index (χ4v) is 3.41. The van der Waals surface area contributed by atoms with Gasteiger partial charge < -0.3 is 10.1 Å². The molecule has 3 rings (SSSR count). The number of hydrogen-bond acceptors (Lipinski definition) is 5. The highest BCUT2D eigenvalue weighted by Crippen LogP contribution is 2.38. The molecule has 1 unspecified atom stereocenters. The van der Waals surface area contributed by atoms with Gasteiger partial charge in [0.2, 0.25) is 0 Å². The topological polar surface area (TPSA) is 47.0 Å². The Bertz CT molecular complexity index is 570. The van der Waals surface area contributed by atoms with Crippen molar-refractivity contribution in [3.05, 3.63) is 39.8 Å². The monoisotopic (exact) mass is 289 g/mol. The Balaban J connectivity index is 1.66. The molecule has 0 amide bonds. The minimum Gasteiger partial charge on any atom is -0.492 e. The average Bonchev–Trinajstić information content (AvgIpc) is 3.10. The van der Waals surface area contributed by atoms with Crippen molar-refractivity contribution >= 4 is 11.3 Å². The van der Waals surface area contributed by atoms with Gasteiger partial charge in [-0.2, -0.15) is 0 Å². The molecule has 1 aliphatic heterocycles. The van der Waals surface area contributed by atoms with Gasteiger partial charge in [0, 0.05) is 12.0 Å². The molecule has 5 heteroatoms. The number of aryl methyl sites for hydroxylation is 1. The second-order valence-corrected chi connectivity index (χ2v) is 5.99. The molecule has 106 valence electrons. The van der Waals surface area contributed by atoms with E-state index in [-0.39, 0.29) is 5.92 Å². The summed E-state index contributed by atoms with van der Waals surface area (Å²) in [7, 11) is 0. The summed E-state index contributed by atoms with van der Waals surface area (Å²) >= 11 is 1.72. The SMILES string of the molecule is CCNCCCc1nnc(C2COc3ccccc32)s1. The van der Waals surface area contributed by atoms with Gasteiger partial charge in [0.25, 0.3) is 0 Å². The van der Waals surface area contributed by atoms with Crippen LogP contribution in [0.4, 0.5) is 0 Å². The third-order valence-electron chi connectivity index (χ3n) is 3.47. The molecule has 2 heterocycles. The van der Waals surface area contributed by atoms with Crippen LogP contribution in [0.15, 0.2) is 24.3 Å². The smallest absolute Gasteiger partial charge is 0.128 e. The van der Waals surface area contributed by atoms with Crippen LogP contribution in [-0.2, 0) is 6.42 Å². The van der Waals surface area contributed by atoms with Crippen LogP contribution < -0.4 is 10.1 Å². The van der Waals surface area contributed by atoms with Crippen LogP contribution in [0.5, 0.6) is 5.75 Å². The summed E-state index contributed by atoms with van der Waals surface area (Å²) in [5.74, 6) is 1.24. The lowest BCUT2D eigenvalue weighted by Gasteiger charge is -2.02. The molecule has 1 atom stereocenters. The van der Waals surface area contributed by atoms with E-state index >= 15 is 0 Å². The number of fused-ring (bicyclic) bond motifs is 1. The lowest BCUT2D eigenvalue weighted by molar-refractivity contribution is 0.342. The van der Waals surface area contributed by atoms with E-state index in [4.69, 9.17) is 4.74 Å². The van der Waals surface area contributed by atoms with Crippen molar-refractivity contribution in [3.8, 4) is 5.75 Å². The second-order valence-electron chi connectivity index (χ2n) is 4.89. The first-order valence-electron chi connectivity index (χ1n) is 7.13. The van der Waals surface area contributed by atoms with Crippen molar-refractivity contribution in [2.75, 3.05) is 19.7 Å². The first-order chi connectivity index (χ1) is 9.88. The maximum absolute atomic E-state index is 5.72. The van der Waals surface area contributed by atoms with Crippen LogP contribution in [0.3, 0.4) is 0 Å². The van der Waals surface area contributed by atoms with Crippen LogP contribution in [-0.4, -0.2) is 29.9 Å². The third kappa shape index (κ3) is 2.83. The molecule has 0 bridgehead atoms. The minimum atomic E-state index is 0.256. The van der Waals surface area contributed by atoms with E-state index in [1.54, 1.807) is 11.3 Å². The molecule has 2 aromatic rings. The van der Waals surface area contributed by atoms with Crippen molar-refractivity contribution < 1.29 is 4.74 Å². The van der Waals surface area contributed by atoms with Crippen LogP contribution in [0.25, 0.3) is 0 Å². The molecule has 0 fully saturated rings. The largest absolute Gasteiger partial charge is 0.492 e. The summed E-state index contributed by atoms with van der Waals surface area (Å²) in [5, 5.41) is 14.2. The standard InChI is InChI=1S/C15H19N3OS/c1-2-16-9-5-8-14-17-18-15(20-14)12-10-19-13-7-4-3-6-11(12)13/h3-4,6-7,12,16H,2,5,8-10H2,1H3. The zero-order valence-electron chi connectivity index (χ0n) is 11.6. The van der Waals surface area contributed by atoms with Gasteiger partial charge in [-0.1, -0.05) is 25.1 Å². The summed E-state index contributed by atoms with van der Waals surface area (Å²) in [6.07, 6.45) is 2.11.